The highest BCUT2D eigenvalue weighted by Crippen LogP contribution is 2.10. The molecule has 0 fully saturated rings. The number of guanidine groups is 1. The summed E-state index contributed by atoms with van der Waals surface area (Å²) in [5.74, 6) is -3.48. The van der Waals surface area contributed by atoms with Gasteiger partial charge in [-0.15, -0.1) is 0 Å². The Morgan fingerprint density at radius 3 is 1.60 bits per heavy atom. The van der Waals surface area contributed by atoms with Gasteiger partial charge in [-0.05, 0) is 44.4 Å². The van der Waals surface area contributed by atoms with Gasteiger partial charge >= 0.3 is 0 Å². The topological polar surface area (TPSA) is 267 Å². The van der Waals surface area contributed by atoms with Crippen molar-refractivity contribution >= 4 is 41.8 Å². The van der Waals surface area contributed by atoms with Gasteiger partial charge in [-0.1, -0.05) is 27.7 Å². The minimum atomic E-state index is -1.23. The van der Waals surface area contributed by atoms with Gasteiger partial charge in [0.15, 0.2) is 5.96 Å². The normalized spacial score (nSPS) is 14.7. The standard InChI is InChI=1S/C25H47N9O6/c1-13(2)9-18(33-21(37)16(26)11-20(27)36)24(40)34-19(10-14(3)4)23(39)32-17(7-6-8-30-25(28)29)22(38)31-15(5)12-35/h12-19H,6-11,26H2,1-5H3,(H2,27,36)(H,31,38)(H,32,39)(H,33,37)(H,34,40)(H4,28,29,30)/t15-,16-,17-,18-,19-/m0/s1. The summed E-state index contributed by atoms with van der Waals surface area (Å²) in [6.45, 7) is 9.11. The Bertz CT molecular complexity index is 905. The van der Waals surface area contributed by atoms with E-state index in [9.17, 15) is 28.8 Å². The van der Waals surface area contributed by atoms with E-state index in [-0.39, 0.29) is 43.6 Å². The Hall–Kier alpha value is -3.75. The fourth-order valence-electron chi connectivity index (χ4n) is 3.67. The maximum absolute atomic E-state index is 13.3. The van der Waals surface area contributed by atoms with Gasteiger partial charge in [-0.2, -0.15) is 0 Å². The summed E-state index contributed by atoms with van der Waals surface area (Å²) in [5, 5.41) is 10.4. The minimum absolute atomic E-state index is 0.0149. The Morgan fingerprint density at radius 2 is 1.18 bits per heavy atom. The minimum Gasteiger partial charge on any atom is -0.370 e. The lowest BCUT2D eigenvalue weighted by molar-refractivity contribution is -0.135. The molecule has 0 bridgehead atoms. The van der Waals surface area contributed by atoms with E-state index in [1.165, 1.54) is 6.92 Å². The maximum atomic E-state index is 13.3. The van der Waals surface area contributed by atoms with Gasteiger partial charge in [0, 0.05) is 6.54 Å². The van der Waals surface area contributed by atoms with E-state index in [2.05, 4.69) is 26.3 Å². The quantitative estimate of drug-likeness (QED) is 0.0353. The highest BCUT2D eigenvalue weighted by atomic mass is 16.2. The van der Waals surface area contributed by atoms with Crippen molar-refractivity contribution in [3.8, 4) is 0 Å². The molecule has 0 heterocycles. The molecule has 228 valence electrons. The third kappa shape index (κ3) is 15.6. The van der Waals surface area contributed by atoms with Crippen molar-refractivity contribution in [2.75, 3.05) is 6.54 Å². The molecule has 12 N–H and O–H groups in total. The van der Waals surface area contributed by atoms with Crippen LogP contribution in [-0.2, 0) is 28.8 Å². The SMILES string of the molecule is CC(C)C[C@H](NC(=O)[C@H](CC(C)C)NC(=O)[C@@H](N)CC(N)=O)C(=O)N[C@@H](CCCN=C(N)N)C(=O)N[C@@H](C)C=O. The predicted octanol–water partition coefficient (Wildman–Crippen LogP) is -2.51. The number of nitrogens with zero attached hydrogens (tertiary/aromatic N) is 1. The molecule has 0 rings (SSSR count). The number of nitrogens with two attached hydrogens (primary N) is 4. The number of hydrogen-bond donors (Lipinski definition) is 8. The van der Waals surface area contributed by atoms with Crippen molar-refractivity contribution in [1.29, 1.82) is 0 Å². The highest BCUT2D eigenvalue weighted by molar-refractivity contribution is 5.95. The molecule has 0 aliphatic heterocycles. The molecule has 0 aromatic heterocycles. The second kappa shape index (κ2) is 18.5. The van der Waals surface area contributed by atoms with Gasteiger partial charge in [0.2, 0.25) is 29.5 Å². The van der Waals surface area contributed by atoms with Crippen LogP contribution in [0.1, 0.15) is 66.7 Å². The van der Waals surface area contributed by atoms with Crippen LogP contribution in [0, 0.1) is 11.8 Å². The van der Waals surface area contributed by atoms with Crippen LogP contribution in [0.3, 0.4) is 0 Å². The van der Waals surface area contributed by atoms with Crippen LogP contribution < -0.4 is 44.2 Å². The van der Waals surface area contributed by atoms with Crippen LogP contribution >= 0.6 is 0 Å². The van der Waals surface area contributed by atoms with Crippen LogP contribution in [0.4, 0.5) is 0 Å². The molecular weight excluding hydrogens is 522 g/mol. The van der Waals surface area contributed by atoms with Crippen LogP contribution in [0.5, 0.6) is 0 Å². The number of hydrogen-bond acceptors (Lipinski definition) is 8. The van der Waals surface area contributed by atoms with Crippen molar-refractivity contribution in [2.45, 2.75) is 96.9 Å². The summed E-state index contributed by atoms with van der Waals surface area (Å²) in [6.07, 6.45) is 1.13. The molecule has 15 heteroatoms. The van der Waals surface area contributed by atoms with Gasteiger partial charge in [0.25, 0.3) is 0 Å². The number of nitrogens with one attached hydrogen (secondary N) is 4. The van der Waals surface area contributed by atoms with Gasteiger partial charge in [0.1, 0.15) is 24.4 Å². The van der Waals surface area contributed by atoms with Crippen molar-refractivity contribution in [3.63, 3.8) is 0 Å². The zero-order chi connectivity index (χ0) is 31.0. The molecule has 0 aliphatic rings. The smallest absolute Gasteiger partial charge is 0.243 e. The number of rotatable bonds is 19. The van der Waals surface area contributed by atoms with E-state index in [1.54, 1.807) is 0 Å². The molecule has 40 heavy (non-hydrogen) atoms. The Labute approximate surface area is 235 Å². The molecule has 0 radical (unpaired) electrons. The van der Waals surface area contributed by atoms with Gasteiger partial charge in [-0.25, -0.2) is 0 Å². The van der Waals surface area contributed by atoms with Crippen LogP contribution in [0.15, 0.2) is 4.99 Å². The zero-order valence-electron chi connectivity index (χ0n) is 24.1. The first-order valence-corrected chi connectivity index (χ1v) is 13.3. The van der Waals surface area contributed by atoms with E-state index in [1.807, 2.05) is 27.7 Å². The molecule has 5 atom stereocenters. The second-order valence-electron chi connectivity index (χ2n) is 10.6. The fraction of sp³-hybridized carbons (Fsp3) is 0.720. The van der Waals surface area contributed by atoms with Crippen LogP contribution in [0.2, 0.25) is 0 Å². The number of aliphatic imine (C=N–C) groups is 1. The number of carbonyl (C=O) groups is 6. The molecule has 0 unspecified atom stereocenters. The van der Waals surface area contributed by atoms with Crippen LogP contribution in [0.25, 0.3) is 0 Å². The molecule has 15 nitrogen and oxygen atoms in total. The summed E-state index contributed by atoms with van der Waals surface area (Å²) in [7, 11) is 0. The largest absolute Gasteiger partial charge is 0.370 e. The monoisotopic (exact) mass is 569 g/mol. The first kappa shape index (κ1) is 36.2. The number of amides is 5. The van der Waals surface area contributed by atoms with Crippen molar-refractivity contribution < 1.29 is 28.8 Å². The van der Waals surface area contributed by atoms with E-state index in [4.69, 9.17) is 22.9 Å². The average Bonchev–Trinajstić information content (AvgIpc) is 2.83. The van der Waals surface area contributed by atoms with Crippen molar-refractivity contribution in [3.05, 3.63) is 0 Å². The van der Waals surface area contributed by atoms with E-state index in [0.29, 0.717) is 12.7 Å². The van der Waals surface area contributed by atoms with Gasteiger partial charge in [-0.3, -0.25) is 29.0 Å². The average molecular weight is 570 g/mol. The molecule has 0 aromatic rings. The summed E-state index contributed by atoms with van der Waals surface area (Å²) in [5.41, 5.74) is 21.5. The Morgan fingerprint density at radius 1 is 0.725 bits per heavy atom. The Balaban J connectivity index is 5.78. The van der Waals surface area contributed by atoms with E-state index in [0.717, 1.165) is 0 Å². The molecule has 0 aliphatic carbocycles. The molecule has 0 saturated carbocycles. The number of primary amides is 1. The van der Waals surface area contributed by atoms with Crippen molar-refractivity contribution in [2.24, 2.45) is 39.8 Å². The summed E-state index contributed by atoms with van der Waals surface area (Å²) >= 11 is 0. The van der Waals surface area contributed by atoms with Gasteiger partial charge < -0.3 is 49.0 Å². The lowest BCUT2D eigenvalue weighted by atomic mass is 9.99. The third-order valence-electron chi connectivity index (χ3n) is 5.59. The molecular formula is C25H47N9O6. The first-order chi connectivity index (χ1) is 18.6. The van der Waals surface area contributed by atoms with Crippen LogP contribution in [-0.4, -0.2) is 78.5 Å². The lowest BCUT2D eigenvalue weighted by Crippen LogP contribution is -2.58. The predicted molar refractivity (Wildman–Crippen MR) is 150 cm³/mol. The van der Waals surface area contributed by atoms with E-state index < -0.39 is 66.2 Å². The molecule has 0 aromatic carbocycles. The second-order valence-corrected chi connectivity index (χ2v) is 10.6. The molecule has 5 amide bonds. The highest BCUT2D eigenvalue weighted by Gasteiger charge is 2.31. The zero-order valence-corrected chi connectivity index (χ0v) is 24.1. The molecule has 0 saturated heterocycles. The summed E-state index contributed by atoms with van der Waals surface area (Å²) in [6, 6.07) is -5.14. The third-order valence-corrected chi connectivity index (χ3v) is 5.59. The lowest BCUT2D eigenvalue weighted by Gasteiger charge is -2.27. The maximum Gasteiger partial charge on any atom is 0.243 e. The number of carbonyl (C=O) groups excluding carboxylic acids is 6. The first-order valence-electron chi connectivity index (χ1n) is 13.3. The summed E-state index contributed by atoms with van der Waals surface area (Å²) < 4.78 is 0. The fourth-order valence-corrected chi connectivity index (χ4v) is 3.67. The van der Waals surface area contributed by atoms with Gasteiger partial charge in [0.05, 0.1) is 18.5 Å². The number of aldehydes is 1. The summed E-state index contributed by atoms with van der Waals surface area (Å²) in [4.78, 5) is 77.8. The van der Waals surface area contributed by atoms with Crippen molar-refractivity contribution in [1.82, 2.24) is 21.3 Å². The van der Waals surface area contributed by atoms with E-state index >= 15 is 0 Å². The molecule has 0 spiro atoms. The Kier molecular flexibility index (Phi) is 16.8.